The van der Waals surface area contributed by atoms with Crippen molar-refractivity contribution in [1.29, 1.82) is 0 Å². The molecule has 0 aromatic heterocycles. The largest absolute Gasteiger partial charge is 0.494 e. The zero-order valence-corrected chi connectivity index (χ0v) is 10.9. The van der Waals surface area contributed by atoms with Crippen LogP contribution < -0.4 is 31.0 Å². The molecule has 0 atom stereocenters. The van der Waals surface area contributed by atoms with Crippen molar-refractivity contribution >= 4 is 17.7 Å². The van der Waals surface area contributed by atoms with Crippen molar-refractivity contribution in [3.8, 4) is 17.2 Å². The molecule has 19 heavy (non-hydrogen) atoms. The van der Waals surface area contributed by atoms with Crippen LogP contribution in [0.2, 0.25) is 0 Å². The van der Waals surface area contributed by atoms with Crippen LogP contribution in [0, 0.1) is 0 Å². The highest BCUT2D eigenvalue weighted by Crippen LogP contribution is 2.41. The lowest BCUT2D eigenvalue weighted by atomic mass is 10.2. The Morgan fingerprint density at radius 1 is 1.11 bits per heavy atom. The zero-order chi connectivity index (χ0) is 14.4. The van der Waals surface area contributed by atoms with Crippen molar-refractivity contribution in [3.05, 3.63) is 12.1 Å². The van der Waals surface area contributed by atoms with Gasteiger partial charge in [-0.25, -0.2) is 4.79 Å². The summed E-state index contributed by atoms with van der Waals surface area (Å²) in [5.74, 6) is 0.777. The van der Waals surface area contributed by atoms with E-state index in [4.69, 9.17) is 25.7 Å². The molecule has 8 heteroatoms. The first-order chi connectivity index (χ1) is 9.03. The fourth-order valence-corrected chi connectivity index (χ4v) is 1.45. The Kier molecular flexibility index (Phi) is 4.81. The van der Waals surface area contributed by atoms with Crippen molar-refractivity contribution in [2.24, 2.45) is 16.5 Å². The minimum Gasteiger partial charge on any atom is -0.494 e. The molecule has 1 aromatic carbocycles. The molecule has 104 valence electrons. The van der Waals surface area contributed by atoms with Gasteiger partial charge >= 0.3 is 6.03 Å². The molecule has 0 fully saturated rings. The Labute approximate surface area is 110 Å². The number of hydrogen-bond donors (Lipinski definition) is 3. The van der Waals surface area contributed by atoms with Gasteiger partial charge in [0.2, 0.25) is 0 Å². The van der Waals surface area contributed by atoms with Gasteiger partial charge in [0.1, 0.15) is 11.4 Å². The maximum Gasteiger partial charge on any atom is 0.348 e. The average Bonchev–Trinajstić information content (AvgIpc) is 2.37. The number of aliphatic imine (C=N–C) groups is 1. The molecular weight excluding hydrogens is 252 g/mol. The Bertz CT molecular complexity index is 498. The second kappa shape index (κ2) is 6.34. The first kappa shape index (κ1) is 14.4. The van der Waals surface area contributed by atoms with E-state index < -0.39 is 6.03 Å². The Hall–Kier alpha value is -2.64. The average molecular weight is 268 g/mol. The number of carbonyl (C=O) groups is 1. The molecule has 0 radical (unpaired) electrons. The molecular formula is C11H16N4O4. The Morgan fingerprint density at radius 3 is 2.16 bits per heavy atom. The van der Waals surface area contributed by atoms with E-state index >= 15 is 0 Å². The van der Waals surface area contributed by atoms with Gasteiger partial charge in [-0.05, 0) is 12.1 Å². The third-order valence-electron chi connectivity index (χ3n) is 2.19. The standard InChI is InChI=1S/C11H16N4O4/c1-17-6-4-5-7(18-2)9(19-3)8(6)14-11(16)15-10(12)13/h4-5H,1-3H3,(H5,12,13,14,15,16). The minimum atomic E-state index is -0.746. The molecule has 1 rings (SSSR count). The predicted octanol–water partition coefficient (Wildman–Crippen LogP) is 0.518. The number of carbonyl (C=O) groups excluding carboxylic acids is 1. The highest BCUT2D eigenvalue weighted by molar-refractivity contribution is 6.00. The molecule has 0 heterocycles. The maximum absolute atomic E-state index is 11.5. The molecule has 0 spiro atoms. The fourth-order valence-electron chi connectivity index (χ4n) is 1.45. The van der Waals surface area contributed by atoms with Crippen LogP contribution in [-0.4, -0.2) is 33.3 Å². The second-order valence-electron chi connectivity index (χ2n) is 3.35. The topological polar surface area (TPSA) is 121 Å². The van der Waals surface area contributed by atoms with E-state index in [-0.39, 0.29) is 11.6 Å². The summed E-state index contributed by atoms with van der Waals surface area (Å²) in [4.78, 5) is 14.9. The first-order valence-electron chi connectivity index (χ1n) is 5.23. The van der Waals surface area contributed by atoms with Crippen LogP contribution in [0.25, 0.3) is 0 Å². The summed E-state index contributed by atoms with van der Waals surface area (Å²) < 4.78 is 15.4. The molecule has 0 unspecified atom stereocenters. The molecule has 8 nitrogen and oxygen atoms in total. The summed E-state index contributed by atoms with van der Waals surface area (Å²) in [6, 6.07) is 2.52. The summed E-state index contributed by atoms with van der Waals surface area (Å²) in [7, 11) is 4.37. The number of urea groups is 1. The summed E-state index contributed by atoms with van der Waals surface area (Å²) in [6.45, 7) is 0. The molecule has 0 aliphatic heterocycles. The number of anilines is 1. The van der Waals surface area contributed by atoms with Crippen molar-refractivity contribution in [2.45, 2.75) is 0 Å². The fraction of sp³-hybridized carbons (Fsp3) is 0.273. The number of amides is 2. The van der Waals surface area contributed by atoms with E-state index in [2.05, 4.69) is 10.3 Å². The second-order valence-corrected chi connectivity index (χ2v) is 3.35. The SMILES string of the molecule is COc1ccc(OC)c(OC)c1NC(=O)N=C(N)N. The monoisotopic (exact) mass is 268 g/mol. The maximum atomic E-state index is 11.5. The smallest absolute Gasteiger partial charge is 0.348 e. The van der Waals surface area contributed by atoms with Crippen LogP contribution in [0.15, 0.2) is 17.1 Å². The normalized spacial score (nSPS) is 9.42. The number of nitrogens with two attached hydrogens (primary N) is 2. The van der Waals surface area contributed by atoms with E-state index in [0.717, 1.165) is 0 Å². The zero-order valence-electron chi connectivity index (χ0n) is 10.9. The van der Waals surface area contributed by atoms with Crippen LogP contribution in [0.5, 0.6) is 17.2 Å². The van der Waals surface area contributed by atoms with Gasteiger partial charge in [-0.3, -0.25) is 5.32 Å². The van der Waals surface area contributed by atoms with E-state index in [9.17, 15) is 4.79 Å². The third-order valence-corrected chi connectivity index (χ3v) is 2.19. The molecule has 0 saturated heterocycles. The quantitative estimate of drug-likeness (QED) is 0.540. The number of ether oxygens (including phenoxy) is 3. The predicted molar refractivity (Wildman–Crippen MR) is 70.9 cm³/mol. The van der Waals surface area contributed by atoms with Crippen molar-refractivity contribution in [3.63, 3.8) is 0 Å². The molecule has 0 aliphatic rings. The van der Waals surface area contributed by atoms with E-state index in [1.807, 2.05) is 0 Å². The molecule has 1 aromatic rings. The van der Waals surface area contributed by atoms with E-state index in [1.165, 1.54) is 21.3 Å². The van der Waals surface area contributed by atoms with E-state index in [0.29, 0.717) is 17.2 Å². The van der Waals surface area contributed by atoms with Gasteiger partial charge in [-0.1, -0.05) is 0 Å². The van der Waals surface area contributed by atoms with Crippen LogP contribution in [0.3, 0.4) is 0 Å². The van der Waals surface area contributed by atoms with Crippen molar-refractivity contribution in [1.82, 2.24) is 0 Å². The molecule has 0 aliphatic carbocycles. The summed E-state index contributed by atoms with van der Waals surface area (Å²) in [5, 5.41) is 2.47. The van der Waals surface area contributed by atoms with Gasteiger partial charge in [0, 0.05) is 0 Å². The van der Waals surface area contributed by atoms with Gasteiger partial charge in [0.25, 0.3) is 0 Å². The lowest BCUT2D eigenvalue weighted by Gasteiger charge is -2.15. The summed E-state index contributed by atoms with van der Waals surface area (Å²) >= 11 is 0. The highest BCUT2D eigenvalue weighted by atomic mass is 16.5. The van der Waals surface area contributed by atoms with Gasteiger partial charge in [-0.2, -0.15) is 4.99 Å². The molecule has 5 N–H and O–H groups in total. The van der Waals surface area contributed by atoms with Crippen molar-refractivity contribution in [2.75, 3.05) is 26.6 Å². The number of guanidine groups is 1. The highest BCUT2D eigenvalue weighted by Gasteiger charge is 2.17. The summed E-state index contributed by atoms with van der Waals surface area (Å²) in [5.41, 5.74) is 10.5. The minimum absolute atomic E-state index is 0.277. The first-order valence-corrected chi connectivity index (χ1v) is 5.23. The number of nitrogens with one attached hydrogen (secondary N) is 1. The van der Waals surface area contributed by atoms with Crippen LogP contribution in [-0.2, 0) is 0 Å². The third kappa shape index (κ3) is 3.41. The number of methoxy groups -OCH3 is 3. The Balaban J connectivity index is 3.22. The number of rotatable bonds is 4. The van der Waals surface area contributed by atoms with Gasteiger partial charge < -0.3 is 25.7 Å². The van der Waals surface area contributed by atoms with Gasteiger partial charge in [0.05, 0.1) is 21.3 Å². The summed E-state index contributed by atoms with van der Waals surface area (Å²) in [6.07, 6.45) is 0. The van der Waals surface area contributed by atoms with Crippen molar-refractivity contribution < 1.29 is 19.0 Å². The molecule has 2 amide bonds. The van der Waals surface area contributed by atoms with Gasteiger partial charge in [-0.15, -0.1) is 0 Å². The number of hydrogen-bond acceptors (Lipinski definition) is 4. The Morgan fingerprint density at radius 2 is 1.68 bits per heavy atom. The van der Waals surface area contributed by atoms with Gasteiger partial charge in [0.15, 0.2) is 17.5 Å². The van der Waals surface area contributed by atoms with Crippen LogP contribution >= 0.6 is 0 Å². The van der Waals surface area contributed by atoms with Crippen LogP contribution in [0.4, 0.5) is 10.5 Å². The number of benzene rings is 1. The number of nitrogens with zero attached hydrogens (tertiary/aromatic N) is 1. The lowest BCUT2D eigenvalue weighted by Crippen LogP contribution is -2.25. The lowest BCUT2D eigenvalue weighted by molar-refractivity contribution is 0.259. The van der Waals surface area contributed by atoms with Crippen LogP contribution in [0.1, 0.15) is 0 Å². The molecule has 0 saturated carbocycles. The molecule has 0 bridgehead atoms. The van der Waals surface area contributed by atoms with E-state index in [1.54, 1.807) is 12.1 Å².